The molecule has 0 atom stereocenters. The molecule has 3 aromatic rings. The number of pyridine rings is 1. The number of aromatic amines is 1. The standard InChI is InChI=1S/C15H13N3O5/c1-22-9-2-3-11-8(6-9)7-10(15(21)16-11)14-17-12(23-18-14)4-5-13(19)20/h2-3,6-7H,4-5H2,1H3,(H,16,21)(H,19,20). The van der Waals surface area contributed by atoms with Crippen LogP contribution in [0.2, 0.25) is 0 Å². The van der Waals surface area contributed by atoms with E-state index in [1.165, 1.54) is 0 Å². The highest BCUT2D eigenvalue weighted by Gasteiger charge is 2.14. The Morgan fingerprint density at radius 3 is 2.96 bits per heavy atom. The van der Waals surface area contributed by atoms with Gasteiger partial charge in [0.05, 0.1) is 19.1 Å². The van der Waals surface area contributed by atoms with E-state index in [0.29, 0.717) is 11.3 Å². The van der Waals surface area contributed by atoms with Crippen molar-refractivity contribution in [2.75, 3.05) is 7.11 Å². The molecule has 0 saturated carbocycles. The lowest BCUT2D eigenvalue weighted by Crippen LogP contribution is -2.09. The van der Waals surface area contributed by atoms with E-state index in [4.69, 9.17) is 14.4 Å². The van der Waals surface area contributed by atoms with E-state index >= 15 is 0 Å². The molecule has 8 heteroatoms. The Morgan fingerprint density at radius 1 is 1.39 bits per heavy atom. The number of aliphatic carboxylic acids is 1. The number of carboxylic acid groups (broad SMARTS) is 1. The summed E-state index contributed by atoms with van der Waals surface area (Å²) in [6, 6.07) is 6.91. The fraction of sp³-hybridized carbons (Fsp3) is 0.200. The summed E-state index contributed by atoms with van der Waals surface area (Å²) in [6.07, 6.45) is -0.00540. The van der Waals surface area contributed by atoms with Crippen molar-refractivity contribution >= 4 is 16.9 Å². The lowest BCUT2D eigenvalue weighted by atomic mass is 10.1. The minimum Gasteiger partial charge on any atom is -0.497 e. The largest absolute Gasteiger partial charge is 0.497 e. The molecule has 0 aliphatic rings. The molecule has 23 heavy (non-hydrogen) atoms. The monoisotopic (exact) mass is 315 g/mol. The number of H-pyrrole nitrogens is 1. The van der Waals surface area contributed by atoms with Crippen molar-refractivity contribution in [3.63, 3.8) is 0 Å². The lowest BCUT2D eigenvalue weighted by molar-refractivity contribution is -0.137. The fourth-order valence-electron chi connectivity index (χ4n) is 2.16. The summed E-state index contributed by atoms with van der Waals surface area (Å²) in [4.78, 5) is 29.5. The SMILES string of the molecule is COc1ccc2[nH]c(=O)c(-c3noc(CCC(=O)O)n3)cc2c1. The highest BCUT2D eigenvalue weighted by atomic mass is 16.5. The predicted molar refractivity (Wildman–Crippen MR) is 80.4 cm³/mol. The van der Waals surface area contributed by atoms with Crippen molar-refractivity contribution in [3.8, 4) is 17.1 Å². The smallest absolute Gasteiger partial charge is 0.303 e. The van der Waals surface area contributed by atoms with Crippen LogP contribution in [-0.2, 0) is 11.2 Å². The topological polar surface area (TPSA) is 118 Å². The maximum atomic E-state index is 12.2. The molecule has 8 nitrogen and oxygen atoms in total. The number of benzene rings is 1. The molecule has 3 rings (SSSR count). The summed E-state index contributed by atoms with van der Waals surface area (Å²) >= 11 is 0. The van der Waals surface area contributed by atoms with Crippen molar-refractivity contribution in [3.05, 3.63) is 40.5 Å². The number of aryl methyl sites for hydroxylation is 1. The number of carbonyl (C=O) groups is 1. The molecule has 2 heterocycles. The Labute approximate surface area is 129 Å². The van der Waals surface area contributed by atoms with Crippen molar-refractivity contribution in [1.29, 1.82) is 0 Å². The number of fused-ring (bicyclic) bond motifs is 1. The lowest BCUT2D eigenvalue weighted by Gasteiger charge is -2.03. The Balaban J connectivity index is 2.00. The van der Waals surface area contributed by atoms with Crippen LogP contribution in [0.15, 0.2) is 33.6 Å². The molecule has 2 N–H and O–H groups in total. The summed E-state index contributed by atoms with van der Waals surface area (Å²) in [5, 5.41) is 13.2. The number of nitrogens with zero attached hydrogens (tertiary/aromatic N) is 2. The minimum atomic E-state index is -0.958. The second-order valence-corrected chi connectivity index (χ2v) is 4.87. The first-order valence-corrected chi connectivity index (χ1v) is 6.82. The summed E-state index contributed by atoms with van der Waals surface area (Å²) in [5.41, 5.74) is 0.554. The summed E-state index contributed by atoms with van der Waals surface area (Å²) in [7, 11) is 1.56. The van der Waals surface area contributed by atoms with Gasteiger partial charge in [0.25, 0.3) is 5.56 Å². The van der Waals surface area contributed by atoms with Gasteiger partial charge in [0.2, 0.25) is 11.7 Å². The molecule has 0 unspecified atom stereocenters. The summed E-state index contributed by atoms with van der Waals surface area (Å²) in [5.74, 6) is -0.00458. The normalized spacial score (nSPS) is 10.8. The first-order valence-electron chi connectivity index (χ1n) is 6.82. The van der Waals surface area contributed by atoms with Gasteiger partial charge in [-0.15, -0.1) is 0 Å². The van der Waals surface area contributed by atoms with E-state index in [-0.39, 0.29) is 35.7 Å². The van der Waals surface area contributed by atoms with Crippen molar-refractivity contribution in [2.45, 2.75) is 12.8 Å². The molecule has 118 valence electrons. The van der Waals surface area contributed by atoms with Gasteiger partial charge in [0, 0.05) is 17.3 Å². The van der Waals surface area contributed by atoms with E-state index in [2.05, 4.69) is 15.1 Å². The predicted octanol–water partition coefficient (Wildman–Crippen LogP) is 1.60. The van der Waals surface area contributed by atoms with Crippen LogP contribution in [0.1, 0.15) is 12.3 Å². The quantitative estimate of drug-likeness (QED) is 0.734. The Morgan fingerprint density at radius 2 is 2.22 bits per heavy atom. The van der Waals surface area contributed by atoms with Gasteiger partial charge in [-0.1, -0.05) is 5.16 Å². The van der Waals surface area contributed by atoms with E-state index in [1.807, 2.05) is 0 Å². The van der Waals surface area contributed by atoms with E-state index in [1.54, 1.807) is 31.4 Å². The summed E-state index contributed by atoms with van der Waals surface area (Å²) < 4.78 is 10.1. The Hall–Kier alpha value is -3.16. The first kappa shape index (κ1) is 14.8. The highest BCUT2D eigenvalue weighted by molar-refractivity contribution is 5.83. The number of methoxy groups -OCH3 is 1. The molecule has 0 fully saturated rings. The molecule has 0 bridgehead atoms. The van der Waals surface area contributed by atoms with Crippen LogP contribution < -0.4 is 10.3 Å². The Kier molecular flexibility index (Phi) is 3.80. The zero-order valence-electron chi connectivity index (χ0n) is 12.2. The van der Waals surface area contributed by atoms with Crippen molar-refractivity contribution in [2.24, 2.45) is 0 Å². The molecular weight excluding hydrogens is 302 g/mol. The highest BCUT2D eigenvalue weighted by Crippen LogP contribution is 2.21. The van der Waals surface area contributed by atoms with Gasteiger partial charge in [-0.2, -0.15) is 4.98 Å². The third-order valence-corrected chi connectivity index (χ3v) is 3.31. The average molecular weight is 315 g/mol. The number of hydrogen-bond acceptors (Lipinski definition) is 6. The van der Waals surface area contributed by atoms with E-state index in [0.717, 1.165) is 5.39 Å². The van der Waals surface area contributed by atoms with Crippen LogP contribution >= 0.6 is 0 Å². The molecule has 0 radical (unpaired) electrons. The van der Waals surface area contributed by atoms with Crippen molar-refractivity contribution in [1.82, 2.24) is 15.1 Å². The zero-order chi connectivity index (χ0) is 16.4. The van der Waals surface area contributed by atoms with Crippen LogP contribution in [0, 0.1) is 0 Å². The Bertz CT molecular complexity index is 928. The average Bonchev–Trinajstić information content (AvgIpc) is 3.00. The maximum absolute atomic E-state index is 12.2. The van der Waals surface area contributed by atoms with Gasteiger partial charge in [-0.05, 0) is 24.3 Å². The first-order chi connectivity index (χ1) is 11.1. The molecule has 0 spiro atoms. The zero-order valence-corrected chi connectivity index (χ0v) is 12.2. The minimum absolute atomic E-state index is 0.113. The second kappa shape index (κ2) is 5.91. The van der Waals surface area contributed by atoms with Crippen LogP contribution in [0.5, 0.6) is 5.75 Å². The van der Waals surface area contributed by atoms with E-state index < -0.39 is 5.97 Å². The third kappa shape index (κ3) is 3.05. The van der Waals surface area contributed by atoms with Gasteiger partial charge in [0.1, 0.15) is 5.75 Å². The van der Waals surface area contributed by atoms with Gasteiger partial charge in [-0.3, -0.25) is 9.59 Å². The molecule has 0 aliphatic carbocycles. The number of ether oxygens (including phenoxy) is 1. The second-order valence-electron chi connectivity index (χ2n) is 4.87. The number of rotatable bonds is 5. The van der Waals surface area contributed by atoms with Crippen LogP contribution in [0.25, 0.3) is 22.3 Å². The number of hydrogen-bond donors (Lipinski definition) is 2. The third-order valence-electron chi connectivity index (χ3n) is 3.31. The molecule has 2 aromatic heterocycles. The van der Waals surface area contributed by atoms with Crippen LogP contribution in [0.3, 0.4) is 0 Å². The van der Waals surface area contributed by atoms with Crippen molar-refractivity contribution < 1.29 is 19.2 Å². The number of carboxylic acids is 1. The van der Waals surface area contributed by atoms with Gasteiger partial charge in [-0.25, -0.2) is 0 Å². The fourth-order valence-corrected chi connectivity index (χ4v) is 2.16. The van der Waals surface area contributed by atoms with Gasteiger partial charge < -0.3 is 19.4 Å². The van der Waals surface area contributed by atoms with Crippen LogP contribution in [-0.4, -0.2) is 33.3 Å². The van der Waals surface area contributed by atoms with E-state index in [9.17, 15) is 9.59 Å². The molecule has 0 saturated heterocycles. The molecule has 1 aromatic carbocycles. The van der Waals surface area contributed by atoms with Gasteiger partial charge >= 0.3 is 5.97 Å². The van der Waals surface area contributed by atoms with Gasteiger partial charge in [0.15, 0.2) is 0 Å². The number of nitrogens with one attached hydrogen (secondary N) is 1. The molecule has 0 aliphatic heterocycles. The summed E-state index contributed by atoms with van der Waals surface area (Å²) in [6.45, 7) is 0. The number of aromatic nitrogens is 3. The maximum Gasteiger partial charge on any atom is 0.303 e. The molecular formula is C15H13N3O5. The van der Waals surface area contributed by atoms with Crippen LogP contribution in [0.4, 0.5) is 0 Å². The molecule has 0 amide bonds.